The maximum atomic E-state index is 11.5. The lowest BCUT2D eigenvalue weighted by Gasteiger charge is -2.16. The average Bonchev–Trinajstić information content (AvgIpc) is 3.42. The molecule has 0 amide bonds. The van der Waals surface area contributed by atoms with E-state index < -0.39 is 8.07 Å². The normalized spacial score (nSPS) is 11.6. The molecule has 10 heteroatoms. The molecule has 0 fully saturated rings. The van der Waals surface area contributed by atoms with Crippen molar-refractivity contribution >= 4 is 24.9 Å². The second kappa shape index (κ2) is 10.2. The van der Waals surface area contributed by atoms with Crippen LogP contribution in [-0.2, 0) is 27.5 Å². The van der Waals surface area contributed by atoms with Gasteiger partial charge in [0.2, 0.25) is 5.88 Å². The number of aromatic nitrogens is 5. The molecule has 0 radical (unpaired) electrons. The van der Waals surface area contributed by atoms with Crippen LogP contribution in [0.5, 0.6) is 11.6 Å². The van der Waals surface area contributed by atoms with Crippen molar-refractivity contribution in [2.45, 2.75) is 39.0 Å². The zero-order valence-electron chi connectivity index (χ0n) is 19.9. The number of benzene rings is 1. The number of esters is 1. The molecule has 0 spiro atoms. The third-order valence-corrected chi connectivity index (χ3v) is 6.93. The molecular weight excluding hydrogens is 450 g/mol. The lowest BCUT2D eigenvalue weighted by molar-refractivity contribution is -0.141. The summed E-state index contributed by atoms with van der Waals surface area (Å²) in [5, 5.41) is 9.60. The number of methoxy groups -OCH3 is 1. The molecule has 34 heavy (non-hydrogen) atoms. The van der Waals surface area contributed by atoms with E-state index in [0.29, 0.717) is 18.4 Å². The van der Waals surface area contributed by atoms with Gasteiger partial charge in [0.25, 0.3) is 0 Å². The molecule has 1 aromatic carbocycles. The summed E-state index contributed by atoms with van der Waals surface area (Å²) < 4.78 is 19.8. The fourth-order valence-corrected chi connectivity index (χ4v) is 4.08. The molecule has 0 atom stereocenters. The molecule has 178 valence electrons. The van der Waals surface area contributed by atoms with E-state index >= 15 is 0 Å². The second-order valence-electron chi connectivity index (χ2n) is 9.17. The maximum absolute atomic E-state index is 11.5. The molecule has 4 rings (SSSR count). The number of pyridine rings is 1. The lowest BCUT2D eigenvalue weighted by atomic mass is 10.2. The van der Waals surface area contributed by atoms with Crippen molar-refractivity contribution in [3.63, 3.8) is 0 Å². The molecule has 0 aliphatic heterocycles. The topological polar surface area (TPSA) is 93.3 Å². The van der Waals surface area contributed by atoms with E-state index in [-0.39, 0.29) is 12.5 Å². The minimum absolute atomic E-state index is 0.0599. The molecule has 0 bridgehead atoms. The van der Waals surface area contributed by atoms with Gasteiger partial charge in [-0.25, -0.2) is 9.67 Å². The Balaban J connectivity index is 1.40. The van der Waals surface area contributed by atoms with E-state index in [0.717, 1.165) is 34.8 Å². The van der Waals surface area contributed by atoms with E-state index in [9.17, 15) is 4.79 Å². The first kappa shape index (κ1) is 23.6. The van der Waals surface area contributed by atoms with Gasteiger partial charge in [-0.15, -0.1) is 0 Å². The minimum Gasteiger partial charge on any atom is -0.468 e. The molecule has 3 aromatic heterocycles. The van der Waals surface area contributed by atoms with Gasteiger partial charge in [0.05, 0.1) is 18.3 Å². The molecule has 9 nitrogen and oxygen atoms in total. The standard InChI is InChI=1S/C24H29N5O4Si/c1-31-24(30)16-28-15-19-13-20(6-7-21(19)27-28)33-23-8-5-18(14-25-23)22-9-10-26-29(22)17-32-11-12-34(2,3)4/h5-10,13-15H,11-12,16-17H2,1-4H3. The summed E-state index contributed by atoms with van der Waals surface area (Å²) in [4.78, 5) is 15.9. The Morgan fingerprint density at radius 2 is 1.97 bits per heavy atom. The SMILES string of the molecule is COC(=O)Cn1cc2cc(Oc3ccc(-c4ccnn4COCC[Si](C)(C)C)cn3)ccc2n1. The number of fused-ring (bicyclic) bond motifs is 1. The Hall–Kier alpha value is -3.50. The lowest BCUT2D eigenvalue weighted by Crippen LogP contribution is -2.22. The van der Waals surface area contributed by atoms with Crippen molar-refractivity contribution in [2.24, 2.45) is 0 Å². The minimum atomic E-state index is -1.12. The number of carbonyl (C=O) groups is 1. The van der Waals surface area contributed by atoms with Crippen LogP contribution in [0.25, 0.3) is 22.2 Å². The molecule has 4 aromatic rings. The quantitative estimate of drug-likeness (QED) is 0.187. The number of hydrogen-bond acceptors (Lipinski definition) is 7. The molecule has 3 heterocycles. The van der Waals surface area contributed by atoms with Crippen LogP contribution in [0, 0.1) is 0 Å². The zero-order chi connectivity index (χ0) is 24.1. The summed E-state index contributed by atoms with van der Waals surface area (Å²) in [5.41, 5.74) is 2.63. The van der Waals surface area contributed by atoms with Crippen LogP contribution in [0.1, 0.15) is 0 Å². The van der Waals surface area contributed by atoms with Crippen molar-refractivity contribution < 1.29 is 19.0 Å². The smallest absolute Gasteiger partial charge is 0.327 e. The van der Waals surface area contributed by atoms with E-state index in [1.807, 2.05) is 41.1 Å². The summed E-state index contributed by atoms with van der Waals surface area (Å²) in [7, 11) is 0.234. The van der Waals surface area contributed by atoms with Gasteiger partial charge in [-0.3, -0.25) is 9.48 Å². The summed E-state index contributed by atoms with van der Waals surface area (Å²) in [6.45, 7) is 8.22. The molecule has 0 aliphatic carbocycles. The highest BCUT2D eigenvalue weighted by Crippen LogP contribution is 2.26. The Morgan fingerprint density at radius 3 is 2.71 bits per heavy atom. The monoisotopic (exact) mass is 479 g/mol. The molecule has 0 saturated heterocycles. The molecule has 0 N–H and O–H groups in total. The highest BCUT2D eigenvalue weighted by molar-refractivity contribution is 6.76. The first-order valence-corrected chi connectivity index (χ1v) is 14.8. The van der Waals surface area contributed by atoms with E-state index in [2.05, 4.69) is 39.6 Å². The van der Waals surface area contributed by atoms with Crippen LogP contribution in [0.2, 0.25) is 25.7 Å². The van der Waals surface area contributed by atoms with Gasteiger partial charge in [-0.2, -0.15) is 10.2 Å². The molecule has 0 saturated carbocycles. The molecular formula is C24H29N5O4Si. The van der Waals surface area contributed by atoms with Crippen molar-refractivity contribution in [3.8, 4) is 22.9 Å². The van der Waals surface area contributed by atoms with Gasteiger partial charge in [-0.1, -0.05) is 19.6 Å². The van der Waals surface area contributed by atoms with E-state index in [4.69, 9.17) is 9.47 Å². The van der Waals surface area contributed by atoms with Gasteiger partial charge in [-0.05, 0) is 36.4 Å². The third-order valence-electron chi connectivity index (χ3n) is 5.22. The van der Waals surface area contributed by atoms with Crippen LogP contribution in [0.15, 0.2) is 55.0 Å². The van der Waals surface area contributed by atoms with Crippen LogP contribution in [0.4, 0.5) is 0 Å². The van der Waals surface area contributed by atoms with Crippen molar-refractivity contribution in [1.29, 1.82) is 0 Å². The fraction of sp³-hybridized carbons (Fsp3) is 0.333. The average molecular weight is 480 g/mol. The summed E-state index contributed by atoms with van der Waals surface area (Å²) in [6, 6.07) is 12.4. The van der Waals surface area contributed by atoms with E-state index in [1.165, 1.54) is 7.11 Å². The van der Waals surface area contributed by atoms with Gasteiger partial charge < -0.3 is 14.2 Å². The number of ether oxygens (including phenoxy) is 3. The van der Waals surface area contributed by atoms with Crippen LogP contribution >= 0.6 is 0 Å². The maximum Gasteiger partial charge on any atom is 0.327 e. The summed E-state index contributed by atoms with van der Waals surface area (Å²) in [5.74, 6) is 0.752. The fourth-order valence-electron chi connectivity index (χ4n) is 3.32. The summed E-state index contributed by atoms with van der Waals surface area (Å²) in [6.07, 6.45) is 5.30. The Bertz CT molecular complexity index is 1260. The number of hydrogen-bond donors (Lipinski definition) is 0. The number of nitrogens with zero attached hydrogens (tertiary/aromatic N) is 5. The summed E-state index contributed by atoms with van der Waals surface area (Å²) >= 11 is 0. The Labute approximate surface area is 199 Å². The van der Waals surface area contributed by atoms with E-state index in [1.54, 1.807) is 23.3 Å². The molecule has 0 unspecified atom stereocenters. The second-order valence-corrected chi connectivity index (χ2v) is 14.8. The Morgan fingerprint density at radius 1 is 1.12 bits per heavy atom. The largest absolute Gasteiger partial charge is 0.468 e. The van der Waals surface area contributed by atoms with Crippen LogP contribution < -0.4 is 4.74 Å². The highest BCUT2D eigenvalue weighted by atomic mass is 28.3. The molecule has 0 aliphatic rings. The van der Waals surface area contributed by atoms with Gasteiger partial charge >= 0.3 is 5.97 Å². The van der Waals surface area contributed by atoms with Crippen molar-refractivity contribution in [2.75, 3.05) is 13.7 Å². The number of rotatable bonds is 10. The van der Waals surface area contributed by atoms with Crippen molar-refractivity contribution in [1.82, 2.24) is 24.5 Å². The van der Waals surface area contributed by atoms with Gasteiger partial charge in [0.1, 0.15) is 19.0 Å². The first-order chi connectivity index (χ1) is 16.3. The highest BCUT2D eigenvalue weighted by Gasteiger charge is 2.13. The van der Waals surface area contributed by atoms with Gasteiger partial charge in [0.15, 0.2) is 0 Å². The predicted molar refractivity (Wildman–Crippen MR) is 131 cm³/mol. The van der Waals surface area contributed by atoms with Crippen molar-refractivity contribution in [3.05, 3.63) is 55.0 Å². The zero-order valence-corrected chi connectivity index (χ0v) is 20.9. The first-order valence-electron chi connectivity index (χ1n) is 11.1. The van der Waals surface area contributed by atoms with Crippen LogP contribution in [0.3, 0.4) is 0 Å². The number of carbonyl (C=O) groups excluding carboxylic acids is 1. The Kier molecular flexibility index (Phi) is 7.08. The van der Waals surface area contributed by atoms with Gasteiger partial charge in [0, 0.05) is 50.3 Å². The van der Waals surface area contributed by atoms with Crippen LogP contribution in [-0.4, -0.2) is 52.3 Å². The third kappa shape index (κ3) is 6.09. The predicted octanol–water partition coefficient (Wildman–Crippen LogP) is 4.57.